The summed E-state index contributed by atoms with van der Waals surface area (Å²) in [6.07, 6.45) is 0. The molecule has 1 N–H and O–H groups in total. The smallest absolute Gasteiger partial charge is 0.338 e. The highest BCUT2D eigenvalue weighted by molar-refractivity contribution is 5.96. The van der Waals surface area contributed by atoms with E-state index >= 15 is 0 Å². The number of halogens is 5. The van der Waals surface area contributed by atoms with Crippen molar-refractivity contribution in [3.05, 3.63) is 52.8 Å². The quantitative estimate of drug-likeness (QED) is 0.346. The Morgan fingerprint density at radius 2 is 1.29 bits per heavy atom. The second kappa shape index (κ2) is 8.55. The fourth-order valence-electron chi connectivity index (χ4n) is 2.03. The summed E-state index contributed by atoms with van der Waals surface area (Å²) in [4.78, 5) is 23.7. The van der Waals surface area contributed by atoms with Crippen LogP contribution in [-0.4, -0.2) is 32.7 Å². The van der Waals surface area contributed by atoms with Gasteiger partial charge in [-0.2, -0.15) is 0 Å². The average Bonchev–Trinajstić information content (AvgIpc) is 2.71. The maximum Gasteiger partial charge on any atom is 0.338 e. The van der Waals surface area contributed by atoms with Crippen LogP contribution < -0.4 is 14.8 Å². The summed E-state index contributed by atoms with van der Waals surface area (Å²) >= 11 is 0. The van der Waals surface area contributed by atoms with Crippen molar-refractivity contribution in [2.75, 3.05) is 26.1 Å². The van der Waals surface area contributed by atoms with E-state index in [9.17, 15) is 31.5 Å². The molecule has 0 spiro atoms. The van der Waals surface area contributed by atoms with E-state index in [2.05, 4.69) is 4.74 Å². The molecular formula is C17H12F5NO5. The van der Waals surface area contributed by atoms with E-state index in [0.29, 0.717) is 0 Å². The van der Waals surface area contributed by atoms with Gasteiger partial charge >= 0.3 is 5.97 Å². The van der Waals surface area contributed by atoms with Crippen LogP contribution in [0, 0.1) is 29.1 Å². The zero-order chi connectivity index (χ0) is 21.0. The first-order valence-corrected chi connectivity index (χ1v) is 7.41. The topological polar surface area (TPSA) is 73.9 Å². The highest BCUT2D eigenvalue weighted by Crippen LogP contribution is 2.27. The van der Waals surface area contributed by atoms with Gasteiger partial charge in [-0.1, -0.05) is 0 Å². The summed E-state index contributed by atoms with van der Waals surface area (Å²) in [5.41, 5.74) is -1.62. The van der Waals surface area contributed by atoms with Crippen LogP contribution >= 0.6 is 0 Å². The Morgan fingerprint density at radius 1 is 0.821 bits per heavy atom. The van der Waals surface area contributed by atoms with Crippen LogP contribution in [0.2, 0.25) is 0 Å². The van der Waals surface area contributed by atoms with Crippen molar-refractivity contribution in [2.24, 2.45) is 0 Å². The molecule has 0 aliphatic heterocycles. The number of hydrogen-bond donors (Lipinski definition) is 1. The molecule has 0 saturated heterocycles. The van der Waals surface area contributed by atoms with Crippen LogP contribution in [0.4, 0.5) is 27.6 Å². The predicted octanol–water partition coefficient (Wildman–Crippen LogP) is 3.19. The van der Waals surface area contributed by atoms with E-state index in [1.807, 2.05) is 0 Å². The minimum absolute atomic E-state index is 0.0692. The SMILES string of the molecule is COc1cc(OC)cc(C(=O)OCC(=O)Nc2c(F)c(F)c(F)c(F)c2F)c1. The Hall–Kier alpha value is -3.37. The van der Waals surface area contributed by atoms with E-state index in [0.717, 1.165) is 0 Å². The zero-order valence-corrected chi connectivity index (χ0v) is 14.4. The number of rotatable bonds is 6. The lowest BCUT2D eigenvalue weighted by Crippen LogP contribution is -2.23. The maximum absolute atomic E-state index is 13.5. The van der Waals surface area contributed by atoms with E-state index in [1.165, 1.54) is 37.7 Å². The molecule has 0 atom stereocenters. The molecule has 0 unspecified atom stereocenters. The van der Waals surface area contributed by atoms with Gasteiger partial charge in [-0.3, -0.25) is 4.79 Å². The normalized spacial score (nSPS) is 10.4. The van der Waals surface area contributed by atoms with Crippen LogP contribution in [0.5, 0.6) is 11.5 Å². The molecule has 28 heavy (non-hydrogen) atoms. The maximum atomic E-state index is 13.5. The molecular weight excluding hydrogens is 393 g/mol. The van der Waals surface area contributed by atoms with Gasteiger partial charge in [-0.15, -0.1) is 0 Å². The fraction of sp³-hybridized carbons (Fsp3) is 0.176. The van der Waals surface area contributed by atoms with Crippen molar-refractivity contribution in [1.82, 2.24) is 0 Å². The van der Waals surface area contributed by atoms with Gasteiger partial charge in [0.05, 0.1) is 19.8 Å². The second-order valence-corrected chi connectivity index (χ2v) is 5.17. The lowest BCUT2D eigenvalue weighted by molar-refractivity contribution is -0.119. The molecule has 0 saturated carbocycles. The van der Waals surface area contributed by atoms with Gasteiger partial charge in [-0.25, -0.2) is 26.7 Å². The standard InChI is InChI=1S/C17H12F5NO5/c1-26-8-3-7(4-9(5-8)27-2)17(25)28-6-10(24)23-16-14(21)12(19)11(18)13(20)15(16)22/h3-5H,6H2,1-2H3,(H,23,24). The Labute approximate surface area is 154 Å². The lowest BCUT2D eigenvalue weighted by Gasteiger charge is -2.11. The Kier molecular flexibility index (Phi) is 6.39. The van der Waals surface area contributed by atoms with Crippen molar-refractivity contribution >= 4 is 17.6 Å². The van der Waals surface area contributed by atoms with Gasteiger partial charge in [0.1, 0.15) is 17.2 Å². The third-order valence-electron chi connectivity index (χ3n) is 3.40. The van der Waals surface area contributed by atoms with Crippen LogP contribution in [0.1, 0.15) is 10.4 Å². The molecule has 1 amide bonds. The summed E-state index contributed by atoms with van der Waals surface area (Å²) in [6.45, 7) is -1.06. The molecule has 0 heterocycles. The number of ether oxygens (including phenoxy) is 3. The zero-order valence-electron chi connectivity index (χ0n) is 14.4. The third-order valence-corrected chi connectivity index (χ3v) is 3.40. The molecule has 0 bridgehead atoms. The molecule has 6 nitrogen and oxygen atoms in total. The van der Waals surface area contributed by atoms with Crippen molar-refractivity contribution < 1.29 is 45.8 Å². The molecule has 0 radical (unpaired) electrons. The summed E-state index contributed by atoms with van der Waals surface area (Å²) in [6, 6.07) is 4.01. The minimum atomic E-state index is -2.37. The van der Waals surface area contributed by atoms with E-state index in [4.69, 9.17) is 9.47 Å². The molecule has 11 heteroatoms. The summed E-state index contributed by atoms with van der Waals surface area (Å²) in [5, 5.41) is 1.48. The van der Waals surface area contributed by atoms with Crippen LogP contribution in [0.15, 0.2) is 18.2 Å². The summed E-state index contributed by atoms with van der Waals surface area (Å²) in [5.74, 6) is -13.1. The van der Waals surface area contributed by atoms with Gasteiger partial charge < -0.3 is 19.5 Å². The number of hydrogen-bond acceptors (Lipinski definition) is 5. The highest BCUT2D eigenvalue weighted by Gasteiger charge is 2.27. The Balaban J connectivity index is 2.11. The van der Waals surface area contributed by atoms with E-state index in [-0.39, 0.29) is 17.1 Å². The monoisotopic (exact) mass is 405 g/mol. The number of carbonyl (C=O) groups excluding carboxylic acids is 2. The van der Waals surface area contributed by atoms with E-state index < -0.39 is 53.3 Å². The number of carbonyl (C=O) groups is 2. The second-order valence-electron chi connectivity index (χ2n) is 5.17. The van der Waals surface area contributed by atoms with Gasteiger partial charge in [0.25, 0.3) is 5.91 Å². The van der Waals surface area contributed by atoms with Crippen molar-refractivity contribution in [1.29, 1.82) is 0 Å². The number of methoxy groups -OCH3 is 2. The van der Waals surface area contributed by atoms with E-state index in [1.54, 1.807) is 0 Å². The van der Waals surface area contributed by atoms with Crippen molar-refractivity contribution in [2.45, 2.75) is 0 Å². The van der Waals surface area contributed by atoms with Crippen LogP contribution in [0.25, 0.3) is 0 Å². The van der Waals surface area contributed by atoms with Gasteiger partial charge in [0.15, 0.2) is 29.9 Å². The molecule has 2 aromatic rings. The number of amides is 1. The van der Waals surface area contributed by atoms with Crippen molar-refractivity contribution in [3.63, 3.8) is 0 Å². The molecule has 2 aromatic carbocycles. The Morgan fingerprint density at radius 3 is 1.75 bits per heavy atom. The molecule has 0 aliphatic rings. The molecule has 2 rings (SSSR count). The summed E-state index contributed by atoms with van der Waals surface area (Å²) < 4.78 is 80.8. The van der Waals surface area contributed by atoms with Crippen LogP contribution in [-0.2, 0) is 9.53 Å². The highest BCUT2D eigenvalue weighted by atomic mass is 19.2. The molecule has 0 aromatic heterocycles. The largest absolute Gasteiger partial charge is 0.497 e. The Bertz CT molecular complexity index is 883. The number of anilines is 1. The summed E-state index contributed by atoms with van der Waals surface area (Å²) in [7, 11) is 2.67. The minimum Gasteiger partial charge on any atom is -0.497 e. The molecule has 0 aliphatic carbocycles. The van der Waals surface area contributed by atoms with Gasteiger partial charge in [-0.05, 0) is 12.1 Å². The first-order valence-electron chi connectivity index (χ1n) is 7.41. The third kappa shape index (κ3) is 4.30. The van der Waals surface area contributed by atoms with Crippen LogP contribution in [0.3, 0.4) is 0 Å². The number of esters is 1. The predicted molar refractivity (Wildman–Crippen MR) is 84.7 cm³/mol. The van der Waals surface area contributed by atoms with Gasteiger partial charge in [0.2, 0.25) is 5.82 Å². The number of benzene rings is 2. The number of nitrogens with one attached hydrogen (secondary N) is 1. The fourth-order valence-corrected chi connectivity index (χ4v) is 2.03. The van der Waals surface area contributed by atoms with Gasteiger partial charge in [0, 0.05) is 6.07 Å². The molecule has 150 valence electrons. The first kappa shape index (κ1) is 20.9. The first-order chi connectivity index (χ1) is 13.2. The van der Waals surface area contributed by atoms with Crippen molar-refractivity contribution in [3.8, 4) is 11.5 Å². The molecule has 0 fully saturated rings. The lowest BCUT2D eigenvalue weighted by atomic mass is 10.2. The average molecular weight is 405 g/mol.